The fourth-order valence-electron chi connectivity index (χ4n) is 1.76. The van der Waals surface area contributed by atoms with Crippen LogP contribution in [-0.2, 0) is 0 Å². The van der Waals surface area contributed by atoms with Crippen LogP contribution in [0, 0.1) is 6.92 Å². The van der Waals surface area contributed by atoms with Crippen LogP contribution in [0.4, 0.5) is 0 Å². The van der Waals surface area contributed by atoms with Crippen molar-refractivity contribution in [1.29, 1.82) is 0 Å². The molecule has 0 aliphatic rings. The number of nitrogens with one attached hydrogen (secondary N) is 1. The highest BCUT2D eigenvalue weighted by Gasteiger charge is 2.19. The van der Waals surface area contributed by atoms with E-state index in [0.717, 1.165) is 30.0 Å². The summed E-state index contributed by atoms with van der Waals surface area (Å²) in [5.41, 5.74) is 2.02. The molecule has 4 nitrogen and oxygen atoms in total. The molecule has 0 radical (unpaired) electrons. The Bertz CT molecular complexity index is 453. The summed E-state index contributed by atoms with van der Waals surface area (Å²) in [7, 11) is 0. The molecule has 2 aromatic heterocycles. The van der Waals surface area contributed by atoms with Crippen LogP contribution in [0.2, 0.25) is 0 Å². The third kappa shape index (κ3) is 2.71. The van der Waals surface area contributed by atoms with Gasteiger partial charge in [0.05, 0.1) is 18.2 Å². The second kappa shape index (κ2) is 5.59. The van der Waals surface area contributed by atoms with Crippen LogP contribution in [0.1, 0.15) is 36.4 Å². The quantitative estimate of drug-likeness (QED) is 0.858. The minimum absolute atomic E-state index is 0.0151. The molecule has 1 N–H and O–H groups in total. The molecule has 1 atom stereocenters. The fraction of sp³-hybridized carbons (Fsp3) is 0.385. The Morgan fingerprint density at radius 1 is 1.41 bits per heavy atom. The Hall–Kier alpha value is -1.68. The van der Waals surface area contributed by atoms with Gasteiger partial charge < -0.3 is 9.73 Å². The molecule has 17 heavy (non-hydrogen) atoms. The molecule has 0 fully saturated rings. The van der Waals surface area contributed by atoms with Gasteiger partial charge in [-0.25, -0.2) is 0 Å². The summed E-state index contributed by atoms with van der Waals surface area (Å²) in [5.74, 6) is 0.916. The normalized spacial score (nSPS) is 12.6. The van der Waals surface area contributed by atoms with E-state index in [1.54, 1.807) is 24.9 Å². The first-order valence-electron chi connectivity index (χ1n) is 5.86. The van der Waals surface area contributed by atoms with Gasteiger partial charge in [0, 0.05) is 12.4 Å². The maximum atomic E-state index is 5.55. The zero-order chi connectivity index (χ0) is 12.1. The first kappa shape index (κ1) is 11.8. The van der Waals surface area contributed by atoms with E-state index in [-0.39, 0.29) is 6.04 Å². The van der Waals surface area contributed by atoms with Gasteiger partial charge in [0.2, 0.25) is 0 Å². The summed E-state index contributed by atoms with van der Waals surface area (Å²) < 4.78 is 5.55. The molecule has 1 unspecified atom stereocenters. The van der Waals surface area contributed by atoms with Crippen LogP contribution in [-0.4, -0.2) is 16.5 Å². The zero-order valence-electron chi connectivity index (χ0n) is 10.2. The van der Waals surface area contributed by atoms with Crippen molar-refractivity contribution in [3.8, 4) is 0 Å². The number of furan rings is 1. The van der Waals surface area contributed by atoms with Gasteiger partial charge in [0.1, 0.15) is 11.8 Å². The van der Waals surface area contributed by atoms with Crippen LogP contribution in [0.25, 0.3) is 0 Å². The van der Waals surface area contributed by atoms with Gasteiger partial charge in [-0.15, -0.1) is 0 Å². The topological polar surface area (TPSA) is 51.0 Å². The Morgan fingerprint density at radius 3 is 2.88 bits per heavy atom. The van der Waals surface area contributed by atoms with Gasteiger partial charge >= 0.3 is 0 Å². The first-order valence-corrected chi connectivity index (χ1v) is 5.86. The molecule has 0 saturated heterocycles. The lowest BCUT2D eigenvalue weighted by molar-refractivity contribution is 0.438. The lowest BCUT2D eigenvalue weighted by atomic mass is 10.1. The molecule has 0 amide bonds. The molecule has 0 spiro atoms. The second-order valence-electron chi connectivity index (χ2n) is 3.99. The summed E-state index contributed by atoms with van der Waals surface area (Å²) in [6.07, 6.45) is 7.93. The van der Waals surface area contributed by atoms with E-state index in [9.17, 15) is 0 Å². The molecular formula is C13H17N3O. The van der Waals surface area contributed by atoms with E-state index in [1.807, 2.05) is 13.0 Å². The SMILES string of the molecule is CCCNC(c1cnccn1)c1occc1C. The van der Waals surface area contributed by atoms with E-state index in [4.69, 9.17) is 4.42 Å². The largest absolute Gasteiger partial charge is 0.467 e. The highest BCUT2D eigenvalue weighted by Crippen LogP contribution is 2.23. The third-order valence-electron chi connectivity index (χ3n) is 2.64. The third-order valence-corrected chi connectivity index (χ3v) is 2.64. The molecule has 2 rings (SSSR count). The molecular weight excluding hydrogens is 214 g/mol. The standard InChI is InChI=1S/C13H17N3O/c1-3-5-16-12(11-9-14-6-7-15-11)13-10(2)4-8-17-13/h4,6-9,12,16H,3,5H2,1-2H3. The predicted molar refractivity (Wildman–Crippen MR) is 65.6 cm³/mol. The van der Waals surface area contributed by atoms with E-state index in [2.05, 4.69) is 22.2 Å². The monoisotopic (exact) mass is 231 g/mol. The molecule has 2 heterocycles. The van der Waals surface area contributed by atoms with Crippen molar-refractivity contribution >= 4 is 0 Å². The number of aryl methyl sites for hydroxylation is 1. The minimum Gasteiger partial charge on any atom is -0.467 e. The minimum atomic E-state index is -0.0151. The molecule has 0 aromatic carbocycles. The number of aromatic nitrogens is 2. The van der Waals surface area contributed by atoms with Crippen molar-refractivity contribution in [2.45, 2.75) is 26.3 Å². The van der Waals surface area contributed by atoms with Crippen LogP contribution in [0.3, 0.4) is 0 Å². The first-order chi connectivity index (χ1) is 8.33. The summed E-state index contributed by atoms with van der Waals surface area (Å²) in [6.45, 7) is 5.09. The van der Waals surface area contributed by atoms with Crippen LogP contribution in [0.5, 0.6) is 0 Å². The predicted octanol–water partition coefficient (Wildman–Crippen LogP) is 2.47. The number of hydrogen-bond donors (Lipinski definition) is 1. The van der Waals surface area contributed by atoms with Crippen LogP contribution >= 0.6 is 0 Å². The Morgan fingerprint density at radius 2 is 2.29 bits per heavy atom. The van der Waals surface area contributed by atoms with E-state index in [1.165, 1.54) is 0 Å². The van der Waals surface area contributed by atoms with Crippen molar-refractivity contribution in [2.24, 2.45) is 0 Å². The summed E-state index contributed by atoms with van der Waals surface area (Å²) in [4.78, 5) is 8.45. The van der Waals surface area contributed by atoms with Crippen molar-refractivity contribution in [3.63, 3.8) is 0 Å². The highest BCUT2D eigenvalue weighted by molar-refractivity contribution is 5.25. The molecule has 2 aromatic rings. The second-order valence-corrected chi connectivity index (χ2v) is 3.99. The number of rotatable bonds is 5. The lowest BCUT2D eigenvalue weighted by Gasteiger charge is -2.16. The van der Waals surface area contributed by atoms with Gasteiger partial charge in [0.25, 0.3) is 0 Å². The van der Waals surface area contributed by atoms with Crippen LogP contribution < -0.4 is 5.32 Å². The smallest absolute Gasteiger partial charge is 0.129 e. The van der Waals surface area contributed by atoms with Gasteiger partial charge in [-0.2, -0.15) is 0 Å². The summed E-state index contributed by atoms with van der Waals surface area (Å²) >= 11 is 0. The van der Waals surface area contributed by atoms with Crippen molar-refractivity contribution in [3.05, 3.63) is 47.9 Å². The van der Waals surface area contributed by atoms with E-state index < -0.39 is 0 Å². The fourth-order valence-corrected chi connectivity index (χ4v) is 1.76. The molecule has 0 saturated carbocycles. The van der Waals surface area contributed by atoms with Gasteiger partial charge in [-0.3, -0.25) is 9.97 Å². The van der Waals surface area contributed by atoms with Gasteiger partial charge in [-0.05, 0) is 31.5 Å². The average Bonchev–Trinajstić information content (AvgIpc) is 2.78. The van der Waals surface area contributed by atoms with E-state index in [0.29, 0.717) is 0 Å². The molecule has 90 valence electrons. The van der Waals surface area contributed by atoms with Gasteiger partial charge in [-0.1, -0.05) is 6.92 Å². The molecule has 0 bridgehead atoms. The molecule has 4 heteroatoms. The summed E-state index contributed by atoms with van der Waals surface area (Å²) in [6, 6.07) is 1.95. The molecule has 0 aliphatic heterocycles. The molecule has 0 aliphatic carbocycles. The zero-order valence-corrected chi connectivity index (χ0v) is 10.2. The van der Waals surface area contributed by atoms with E-state index >= 15 is 0 Å². The van der Waals surface area contributed by atoms with Gasteiger partial charge in [0.15, 0.2) is 0 Å². The van der Waals surface area contributed by atoms with Crippen molar-refractivity contribution < 1.29 is 4.42 Å². The summed E-state index contributed by atoms with van der Waals surface area (Å²) in [5, 5.41) is 3.43. The maximum absolute atomic E-state index is 5.55. The Kier molecular flexibility index (Phi) is 3.88. The maximum Gasteiger partial charge on any atom is 0.129 e. The number of nitrogens with zero attached hydrogens (tertiary/aromatic N) is 2. The van der Waals surface area contributed by atoms with Crippen LogP contribution in [0.15, 0.2) is 35.3 Å². The lowest BCUT2D eigenvalue weighted by Crippen LogP contribution is -2.24. The number of hydrogen-bond acceptors (Lipinski definition) is 4. The van der Waals surface area contributed by atoms with Crippen molar-refractivity contribution in [1.82, 2.24) is 15.3 Å². The Balaban J connectivity index is 2.29. The average molecular weight is 231 g/mol. The van der Waals surface area contributed by atoms with Crippen molar-refractivity contribution in [2.75, 3.05) is 6.54 Å². The highest BCUT2D eigenvalue weighted by atomic mass is 16.3. The Labute approximate surface area is 101 Å².